The molecule has 1 fully saturated rings. The van der Waals surface area contributed by atoms with Crippen molar-refractivity contribution in [3.63, 3.8) is 0 Å². The van der Waals surface area contributed by atoms with Gasteiger partial charge in [-0.05, 0) is 37.0 Å². The molecule has 1 aromatic heterocycles. The zero-order chi connectivity index (χ0) is 17.6. The van der Waals surface area contributed by atoms with Crippen LogP contribution in [0.3, 0.4) is 0 Å². The number of nitrogens with zero attached hydrogens (tertiary/aromatic N) is 3. The zero-order valence-electron chi connectivity index (χ0n) is 14.5. The van der Waals surface area contributed by atoms with Crippen molar-refractivity contribution in [3.8, 4) is 0 Å². The van der Waals surface area contributed by atoms with E-state index in [-0.39, 0.29) is 11.8 Å². The first-order valence-corrected chi connectivity index (χ1v) is 8.71. The summed E-state index contributed by atoms with van der Waals surface area (Å²) in [6, 6.07) is 14.9. The summed E-state index contributed by atoms with van der Waals surface area (Å²) < 4.78 is 0. The van der Waals surface area contributed by atoms with Crippen LogP contribution in [0.1, 0.15) is 45.8 Å². The lowest BCUT2D eigenvalue weighted by Gasteiger charge is -2.26. The number of piperidine rings is 1. The lowest BCUT2D eigenvalue weighted by Crippen LogP contribution is -2.36. The molecule has 5 heteroatoms. The molecule has 25 heavy (non-hydrogen) atoms. The van der Waals surface area contributed by atoms with Gasteiger partial charge in [0.15, 0.2) is 0 Å². The Morgan fingerprint density at radius 3 is 2.36 bits per heavy atom. The monoisotopic (exact) mass is 337 g/mol. The van der Waals surface area contributed by atoms with Crippen molar-refractivity contribution in [2.45, 2.75) is 25.8 Å². The molecule has 1 aliphatic heterocycles. The first kappa shape index (κ1) is 17.1. The number of pyridine rings is 1. The van der Waals surface area contributed by atoms with E-state index in [0.717, 1.165) is 31.5 Å². The standard InChI is InChI=1S/C20H23N3O2/c1-22(15-16-9-4-2-5-10-16)19(24)17-11-8-12-18(21-17)20(25)23-13-6-3-7-14-23/h2,4-5,8-12H,3,6-7,13-15H2,1H3. The molecule has 0 unspecified atom stereocenters. The fourth-order valence-electron chi connectivity index (χ4n) is 3.06. The van der Waals surface area contributed by atoms with Gasteiger partial charge in [0.1, 0.15) is 11.4 Å². The maximum Gasteiger partial charge on any atom is 0.272 e. The van der Waals surface area contributed by atoms with Crippen molar-refractivity contribution >= 4 is 11.8 Å². The molecular formula is C20H23N3O2. The Bertz CT molecular complexity index is 740. The Morgan fingerprint density at radius 1 is 0.960 bits per heavy atom. The van der Waals surface area contributed by atoms with Crippen LogP contribution in [0.5, 0.6) is 0 Å². The smallest absolute Gasteiger partial charge is 0.272 e. The van der Waals surface area contributed by atoms with E-state index in [1.54, 1.807) is 30.1 Å². The van der Waals surface area contributed by atoms with Gasteiger partial charge in [0.25, 0.3) is 11.8 Å². The molecule has 130 valence electrons. The molecule has 1 aromatic carbocycles. The third-order valence-electron chi connectivity index (χ3n) is 4.44. The molecule has 0 bridgehead atoms. The quantitative estimate of drug-likeness (QED) is 0.862. The molecule has 0 saturated carbocycles. The van der Waals surface area contributed by atoms with Gasteiger partial charge < -0.3 is 9.80 Å². The maximum absolute atomic E-state index is 12.6. The number of amides is 2. The highest BCUT2D eigenvalue weighted by molar-refractivity contribution is 5.96. The van der Waals surface area contributed by atoms with Gasteiger partial charge in [0.2, 0.25) is 0 Å². The second-order valence-electron chi connectivity index (χ2n) is 6.41. The minimum atomic E-state index is -0.183. The number of carbonyl (C=O) groups excluding carboxylic acids is 2. The first-order valence-electron chi connectivity index (χ1n) is 8.71. The molecule has 0 atom stereocenters. The van der Waals surface area contributed by atoms with Crippen molar-refractivity contribution in [2.24, 2.45) is 0 Å². The largest absolute Gasteiger partial charge is 0.337 e. The van der Waals surface area contributed by atoms with E-state index in [1.165, 1.54) is 6.42 Å². The van der Waals surface area contributed by atoms with Crippen LogP contribution in [0.25, 0.3) is 0 Å². The van der Waals surface area contributed by atoms with Crippen LogP contribution >= 0.6 is 0 Å². The summed E-state index contributed by atoms with van der Waals surface area (Å²) in [6.45, 7) is 2.05. The average Bonchev–Trinajstić information content (AvgIpc) is 2.68. The van der Waals surface area contributed by atoms with E-state index < -0.39 is 0 Å². The highest BCUT2D eigenvalue weighted by atomic mass is 16.2. The number of rotatable bonds is 4. The molecule has 0 N–H and O–H groups in total. The SMILES string of the molecule is CN(Cc1ccccc1)C(=O)c1cccc(C(=O)N2CCCCC2)n1. The Morgan fingerprint density at radius 2 is 1.64 bits per heavy atom. The van der Waals surface area contributed by atoms with E-state index in [9.17, 15) is 9.59 Å². The fourth-order valence-corrected chi connectivity index (χ4v) is 3.06. The predicted molar refractivity (Wildman–Crippen MR) is 96.2 cm³/mol. The summed E-state index contributed by atoms with van der Waals surface area (Å²) in [4.78, 5) is 33.0. The van der Waals surface area contributed by atoms with Crippen LogP contribution in [-0.2, 0) is 6.54 Å². The van der Waals surface area contributed by atoms with Gasteiger partial charge in [-0.2, -0.15) is 0 Å². The van der Waals surface area contributed by atoms with E-state index in [2.05, 4.69) is 4.98 Å². The molecule has 3 rings (SSSR count). The van der Waals surface area contributed by atoms with Gasteiger partial charge in [-0.25, -0.2) is 4.98 Å². The Kier molecular flexibility index (Phi) is 5.43. The van der Waals surface area contributed by atoms with Crippen LogP contribution in [-0.4, -0.2) is 46.7 Å². The number of hydrogen-bond donors (Lipinski definition) is 0. The van der Waals surface area contributed by atoms with Gasteiger partial charge in [0, 0.05) is 26.7 Å². The minimum Gasteiger partial charge on any atom is -0.337 e. The molecule has 1 aliphatic rings. The highest BCUT2D eigenvalue weighted by Crippen LogP contribution is 2.13. The number of benzene rings is 1. The van der Waals surface area contributed by atoms with E-state index in [1.807, 2.05) is 35.2 Å². The molecule has 5 nitrogen and oxygen atoms in total. The second-order valence-corrected chi connectivity index (χ2v) is 6.41. The topological polar surface area (TPSA) is 53.5 Å². The third kappa shape index (κ3) is 4.24. The molecule has 2 amide bonds. The van der Waals surface area contributed by atoms with Crippen LogP contribution < -0.4 is 0 Å². The van der Waals surface area contributed by atoms with Crippen molar-refractivity contribution < 1.29 is 9.59 Å². The van der Waals surface area contributed by atoms with Crippen LogP contribution in [0, 0.1) is 0 Å². The average molecular weight is 337 g/mol. The molecule has 0 radical (unpaired) electrons. The van der Waals surface area contributed by atoms with E-state index in [0.29, 0.717) is 17.9 Å². The van der Waals surface area contributed by atoms with Crippen molar-refractivity contribution in [1.29, 1.82) is 0 Å². The molecule has 1 saturated heterocycles. The first-order chi connectivity index (χ1) is 12.1. The lowest BCUT2D eigenvalue weighted by atomic mass is 10.1. The zero-order valence-corrected chi connectivity index (χ0v) is 14.5. The number of hydrogen-bond acceptors (Lipinski definition) is 3. The molecule has 2 heterocycles. The summed E-state index contributed by atoms with van der Waals surface area (Å²) in [7, 11) is 1.75. The normalized spacial score (nSPS) is 14.2. The summed E-state index contributed by atoms with van der Waals surface area (Å²) in [5, 5.41) is 0. The Labute approximate surface area is 148 Å². The van der Waals surface area contributed by atoms with E-state index in [4.69, 9.17) is 0 Å². The fraction of sp³-hybridized carbons (Fsp3) is 0.350. The Balaban J connectivity index is 1.71. The number of carbonyl (C=O) groups is 2. The summed E-state index contributed by atoms with van der Waals surface area (Å²) in [5.41, 5.74) is 1.71. The minimum absolute atomic E-state index is 0.0833. The Hall–Kier alpha value is -2.69. The van der Waals surface area contributed by atoms with Gasteiger partial charge in [-0.1, -0.05) is 36.4 Å². The van der Waals surface area contributed by atoms with Crippen molar-refractivity contribution in [2.75, 3.05) is 20.1 Å². The van der Waals surface area contributed by atoms with Gasteiger partial charge in [-0.3, -0.25) is 9.59 Å². The predicted octanol–water partition coefficient (Wildman–Crippen LogP) is 2.98. The van der Waals surface area contributed by atoms with Crippen LogP contribution in [0.2, 0.25) is 0 Å². The number of aromatic nitrogens is 1. The van der Waals surface area contributed by atoms with Crippen LogP contribution in [0.4, 0.5) is 0 Å². The maximum atomic E-state index is 12.6. The van der Waals surface area contributed by atoms with Crippen molar-refractivity contribution in [3.05, 3.63) is 65.5 Å². The molecular weight excluding hydrogens is 314 g/mol. The van der Waals surface area contributed by atoms with E-state index >= 15 is 0 Å². The van der Waals surface area contributed by atoms with Gasteiger partial charge in [-0.15, -0.1) is 0 Å². The highest BCUT2D eigenvalue weighted by Gasteiger charge is 2.21. The van der Waals surface area contributed by atoms with Gasteiger partial charge in [0.05, 0.1) is 0 Å². The third-order valence-corrected chi connectivity index (χ3v) is 4.44. The van der Waals surface area contributed by atoms with Crippen LogP contribution in [0.15, 0.2) is 48.5 Å². The van der Waals surface area contributed by atoms with Gasteiger partial charge >= 0.3 is 0 Å². The lowest BCUT2D eigenvalue weighted by molar-refractivity contribution is 0.0717. The summed E-state index contributed by atoms with van der Waals surface area (Å²) in [5.74, 6) is -0.266. The molecule has 2 aromatic rings. The summed E-state index contributed by atoms with van der Waals surface area (Å²) >= 11 is 0. The number of likely N-dealkylation sites (tertiary alicyclic amines) is 1. The second kappa shape index (κ2) is 7.92. The van der Waals surface area contributed by atoms with Crippen molar-refractivity contribution in [1.82, 2.24) is 14.8 Å². The molecule has 0 aliphatic carbocycles. The molecule has 0 spiro atoms. The summed E-state index contributed by atoms with van der Waals surface area (Å²) in [6.07, 6.45) is 3.23.